The van der Waals surface area contributed by atoms with Gasteiger partial charge in [-0.3, -0.25) is 9.78 Å². The Kier molecular flexibility index (Phi) is 8.49. The van der Waals surface area contributed by atoms with Crippen LogP contribution in [0.25, 0.3) is 22.4 Å². The molecule has 2 fully saturated rings. The summed E-state index contributed by atoms with van der Waals surface area (Å²) in [5, 5.41) is 19.1. The number of amides is 2. The molecule has 11 heteroatoms. The Balaban J connectivity index is 1.28. The van der Waals surface area contributed by atoms with Crippen molar-refractivity contribution in [1.29, 1.82) is 0 Å². The Morgan fingerprint density at radius 3 is 2.37 bits per heavy atom. The summed E-state index contributed by atoms with van der Waals surface area (Å²) >= 11 is 1.59. The number of hydrogen-bond acceptors (Lipinski definition) is 6. The van der Waals surface area contributed by atoms with E-state index in [2.05, 4.69) is 10.6 Å². The average Bonchev–Trinajstić information content (AvgIpc) is 3.45. The summed E-state index contributed by atoms with van der Waals surface area (Å²) in [6, 6.07) is 11.9. The molecule has 0 unspecified atom stereocenters. The lowest BCUT2D eigenvalue weighted by atomic mass is 9.71. The van der Waals surface area contributed by atoms with E-state index in [1.807, 2.05) is 47.2 Å². The van der Waals surface area contributed by atoms with E-state index >= 15 is 0 Å². The van der Waals surface area contributed by atoms with Crippen molar-refractivity contribution in [1.82, 2.24) is 14.6 Å². The summed E-state index contributed by atoms with van der Waals surface area (Å²) in [4.78, 5) is 29.1. The number of sulfonamides is 1. The summed E-state index contributed by atoms with van der Waals surface area (Å²) < 4.78 is 25.2. The highest BCUT2D eigenvalue weighted by molar-refractivity contribution is 7.88. The van der Waals surface area contributed by atoms with Crippen molar-refractivity contribution in [3.8, 4) is 22.4 Å². The molecule has 3 N–H and O–H groups in total. The second kappa shape index (κ2) is 11.9. The minimum Gasteiger partial charge on any atom is -0.465 e. The van der Waals surface area contributed by atoms with Crippen LogP contribution in [-0.4, -0.2) is 54.2 Å². The number of rotatable bonds is 9. The molecule has 2 aromatic heterocycles. The molecule has 41 heavy (non-hydrogen) atoms. The van der Waals surface area contributed by atoms with Crippen molar-refractivity contribution < 1.29 is 23.1 Å². The zero-order valence-corrected chi connectivity index (χ0v) is 24.9. The number of carbonyl (C=O) groups excluding carboxylic acids is 1. The van der Waals surface area contributed by atoms with Gasteiger partial charge in [-0.25, -0.2) is 17.5 Å². The largest absolute Gasteiger partial charge is 0.465 e. The third-order valence-corrected chi connectivity index (χ3v) is 10.6. The van der Waals surface area contributed by atoms with Crippen molar-refractivity contribution in [2.45, 2.75) is 62.9 Å². The lowest BCUT2D eigenvalue weighted by Gasteiger charge is -2.42. The van der Waals surface area contributed by atoms with Gasteiger partial charge in [0.1, 0.15) is 0 Å². The van der Waals surface area contributed by atoms with Crippen LogP contribution in [0, 0.1) is 5.92 Å². The number of aromatic nitrogens is 1. The predicted molar refractivity (Wildman–Crippen MR) is 161 cm³/mol. The fraction of sp³-hybridized carbons (Fsp3) is 0.433. The van der Waals surface area contributed by atoms with Gasteiger partial charge in [0, 0.05) is 30.6 Å². The fourth-order valence-electron chi connectivity index (χ4n) is 6.03. The van der Waals surface area contributed by atoms with Crippen LogP contribution < -0.4 is 10.6 Å². The first-order valence-corrected chi connectivity index (χ1v) is 16.7. The molecule has 0 aliphatic heterocycles. The summed E-state index contributed by atoms with van der Waals surface area (Å²) in [6.45, 7) is 0. The number of nitrogens with zero attached hydrogens (tertiary/aromatic N) is 2. The summed E-state index contributed by atoms with van der Waals surface area (Å²) in [7, 11) is -1.59. The Labute approximate surface area is 245 Å². The van der Waals surface area contributed by atoms with Gasteiger partial charge in [0.2, 0.25) is 15.9 Å². The summed E-state index contributed by atoms with van der Waals surface area (Å²) in [5.74, 6) is 0.146. The zero-order valence-electron chi connectivity index (χ0n) is 23.3. The van der Waals surface area contributed by atoms with E-state index in [1.54, 1.807) is 24.6 Å². The van der Waals surface area contributed by atoms with Gasteiger partial charge in [0.25, 0.3) is 0 Å². The topological polar surface area (TPSA) is 129 Å². The SMILES string of the molecule is CN([C@H]1CC[C@H](CC(=O)Nc2cnc(-c3ccc(C4(NC(=O)O)CCC4)cc3)c(-c3ccsc3)c2)CC1)S(C)(=O)=O. The maximum atomic E-state index is 13.0. The number of carbonyl (C=O) groups is 2. The van der Waals surface area contributed by atoms with E-state index in [0.717, 1.165) is 72.9 Å². The Bertz CT molecular complexity index is 1490. The van der Waals surface area contributed by atoms with E-state index in [-0.39, 0.29) is 17.9 Å². The van der Waals surface area contributed by atoms with Crippen molar-refractivity contribution in [3.05, 3.63) is 58.9 Å². The first kappa shape index (κ1) is 29.2. The molecule has 0 spiro atoms. The molecule has 3 aromatic rings. The van der Waals surface area contributed by atoms with Crippen LogP contribution in [0.1, 0.15) is 56.9 Å². The number of hydrogen-bond donors (Lipinski definition) is 3. The standard InChI is InChI=1S/C30H36N4O5S2/c1-34(41(2,38)39)25-10-4-20(5-11-25)16-27(35)32-24-17-26(22-12-15-40-19-22)28(31-18-24)21-6-8-23(9-7-21)30(13-3-14-30)33-29(36)37/h6-9,12,15,17-20,25,33H,3-5,10-11,13-14,16H2,1-2H3,(H,32,35)(H,36,37)/t20-,25-. The van der Waals surface area contributed by atoms with Crippen LogP contribution in [0.4, 0.5) is 10.5 Å². The Morgan fingerprint density at radius 1 is 1.10 bits per heavy atom. The van der Waals surface area contributed by atoms with Gasteiger partial charge in [-0.1, -0.05) is 24.3 Å². The predicted octanol–water partition coefficient (Wildman–Crippen LogP) is 5.90. The number of nitrogens with one attached hydrogen (secondary N) is 2. The molecule has 2 amide bonds. The van der Waals surface area contributed by atoms with Gasteiger partial charge in [0.15, 0.2) is 0 Å². The van der Waals surface area contributed by atoms with Gasteiger partial charge >= 0.3 is 6.09 Å². The number of thiophene rings is 1. The number of benzene rings is 1. The first-order chi connectivity index (χ1) is 19.5. The lowest BCUT2D eigenvalue weighted by Crippen LogP contribution is -2.50. The van der Waals surface area contributed by atoms with Crippen LogP contribution in [0.5, 0.6) is 0 Å². The Morgan fingerprint density at radius 2 is 1.80 bits per heavy atom. The minimum absolute atomic E-state index is 0.00373. The van der Waals surface area contributed by atoms with Crippen molar-refractivity contribution in [2.75, 3.05) is 18.6 Å². The molecule has 0 saturated heterocycles. The molecule has 5 rings (SSSR count). The molecular formula is C30H36N4O5S2. The van der Waals surface area contributed by atoms with Crippen molar-refractivity contribution in [2.24, 2.45) is 5.92 Å². The second-order valence-electron chi connectivity index (χ2n) is 11.3. The van der Waals surface area contributed by atoms with Crippen LogP contribution in [0.2, 0.25) is 0 Å². The van der Waals surface area contributed by atoms with Gasteiger partial charge in [-0.05, 0) is 84.9 Å². The van der Waals surface area contributed by atoms with E-state index in [4.69, 9.17) is 4.98 Å². The molecule has 2 aliphatic rings. The molecule has 1 aromatic carbocycles. The normalized spacial score (nSPS) is 20.3. The monoisotopic (exact) mass is 596 g/mol. The van der Waals surface area contributed by atoms with Gasteiger partial charge < -0.3 is 15.7 Å². The smallest absolute Gasteiger partial charge is 0.405 e. The van der Waals surface area contributed by atoms with E-state index in [1.165, 1.54) is 10.6 Å². The molecule has 0 bridgehead atoms. The summed E-state index contributed by atoms with van der Waals surface area (Å²) in [5.41, 5.74) is 4.67. The molecular weight excluding hydrogens is 560 g/mol. The molecule has 2 heterocycles. The van der Waals surface area contributed by atoms with E-state index < -0.39 is 21.7 Å². The van der Waals surface area contributed by atoms with Gasteiger partial charge in [-0.2, -0.15) is 11.3 Å². The maximum Gasteiger partial charge on any atom is 0.405 e. The van der Waals surface area contributed by atoms with Crippen LogP contribution in [0.15, 0.2) is 53.4 Å². The van der Waals surface area contributed by atoms with Crippen molar-refractivity contribution in [3.63, 3.8) is 0 Å². The zero-order chi connectivity index (χ0) is 29.2. The molecule has 2 saturated carbocycles. The molecule has 0 atom stereocenters. The highest BCUT2D eigenvalue weighted by atomic mass is 32.2. The molecule has 9 nitrogen and oxygen atoms in total. The lowest BCUT2D eigenvalue weighted by molar-refractivity contribution is -0.117. The third kappa shape index (κ3) is 6.63. The van der Waals surface area contributed by atoms with Crippen molar-refractivity contribution >= 4 is 39.0 Å². The maximum absolute atomic E-state index is 13.0. The third-order valence-electron chi connectivity index (χ3n) is 8.60. The summed E-state index contributed by atoms with van der Waals surface area (Å²) in [6.07, 6.45) is 7.97. The fourth-order valence-corrected chi connectivity index (χ4v) is 7.43. The van der Waals surface area contributed by atoms with Crippen LogP contribution in [0.3, 0.4) is 0 Å². The van der Waals surface area contributed by atoms with Crippen LogP contribution in [-0.2, 0) is 20.4 Å². The van der Waals surface area contributed by atoms with Crippen LogP contribution >= 0.6 is 11.3 Å². The number of pyridine rings is 1. The van der Waals surface area contributed by atoms with E-state index in [9.17, 15) is 23.1 Å². The molecule has 218 valence electrons. The van der Waals surface area contributed by atoms with Gasteiger partial charge in [0.05, 0.1) is 29.4 Å². The van der Waals surface area contributed by atoms with Gasteiger partial charge in [-0.15, -0.1) is 0 Å². The highest BCUT2D eigenvalue weighted by Gasteiger charge is 2.40. The molecule has 0 radical (unpaired) electrons. The average molecular weight is 597 g/mol. The first-order valence-electron chi connectivity index (χ1n) is 13.9. The second-order valence-corrected chi connectivity index (χ2v) is 14.1. The number of carboxylic acid groups (broad SMARTS) is 1. The van der Waals surface area contributed by atoms with E-state index in [0.29, 0.717) is 12.1 Å². The molecule has 2 aliphatic carbocycles. The number of anilines is 1. The minimum atomic E-state index is -3.22. The quantitative estimate of drug-likeness (QED) is 0.282. The Hall–Kier alpha value is -3.28. The highest BCUT2D eigenvalue weighted by Crippen LogP contribution is 2.42.